The van der Waals surface area contributed by atoms with Crippen LogP contribution in [-0.2, 0) is 0 Å². The molecule has 1 aromatic rings. The van der Waals surface area contributed by atoms with E-state index in [1.807, 2.05) is 27.7 Å². The summed E-state index contributed by atoms with van der Waals surface area (Å²) in [6.07, 6.45) is 0. The molecule has 0 saturated carbocycles. The number of rotatable bonds is 3. The third-order valence-electron chi connectivity index (χ3n) is 2.54. The molecule has 94 valence electrons. The molecule has 0 heterocycles. The minimum Gasteiger partial charge on any atom is -0.507 e. The molecule has 0 bridgehead atoms. The summed E-state index contributed by atoms with van der Waals surface area (Å²) in [6, 6.07) is 4.70. The number of amides is 1. The lowest BCUT2D eigenvalue weighted by molar-refractivity contribution is 0.0640. The summed E-state index contributed by atoms with van der Waals surface area (Å²) in [7, 11) is 0. The highest BCUT2D eigenvalue weighted by Crippen LogP contribution is 2.24. The average Bonchev–Trinajstić information content (AvgIpc) is 2.15. The predicted molar refractivity (Wildman–Crippen MR) is 69.6 cm³/mol. The van der Waals surface area contributed by atoms with E-state index in [-0.39, 0.29) is 29.3 Å². The summed E-state index contributed by atoms with van der Waals surface area (Å²) >= 11 is 5.74. The van der Waals surface area contributed by atoms with Gasteiger partial charge in [-0.25, -0.2) is 0 Å². The topological polar surface area (TPSA) is 40.5 Å². The maximum Gasteiger partial charge on any atom is 0.258 e. The van der Waals surface area contributed by atoms with E-state index in [1.54, 1.807) is 17.0 Å². The van der Waals surface area contributed by atoms with E-state index < -0.39 is 0 Å². The summed E-state index contributed by atoms with van der Waals surface area (Å²) in [5.74, 6) is -0.252. The van der Waals surface area contributed by atoms with E-state index in [0.717, 1.165) is 0 Å². The predicted octanol–water partition coefficient (Wildman–Crippen LogP) is 3.30. The van der Waals surface area contributed by atoms with Gasteiger partial charge in [-0.2, -0.15) is 0 Å². The van der Waals surface area contributed by atoms with Crippen LogP contribution in [0.15, 0.2) is 18.2 Å². The van der Waals surface area contributed by atoms with Gasteiger partial charge >= 0.3 is 0 Å². The molecular formula is C13H18ClNO2. The number of aromatic hydroxyl groups is 1. The second-order valence-electron chi connectivity index (χ2n) is 4.56. The fourth-order valence-corrected chi connectivity index (χ4v) is 2.06. The van der Waals surface area contributed by atoms with Crippen molar-refractivity contribution in [3.8, 4) is 5.75 Å². The van der Waals surface area contributed by atoms with E-state index in [1.165, 1.54) is 6.07 Å². The third-order valence-corrected chi connectivity index (χ3v) is 2.77. The molecule has 17 heavy (non-hydrogen) atoms. The Labute approximate surface area is 107 Å². The van der Waals surface area contributed by atoms with Gasteiger partial charge in [-0.15, -0.1) is 0 Å². The molecule has 1 N–H and O–H groups in total. The largest absolute Gasteiger partial charge is 0.507 e. The molecule has 0 aromatic heterocycles. The molecule has 1 amide bonds. The molecule has 0 aliphatic heterocycles. The van der Waals surface area contributed by atoms with Crippen LogP contribution in [0.2, 0.25) is 5.02 Å². The Bertz CT molecular complexity index is 408. The van der Waals surface area contributed by atoms with Gasteiger partial charge in [-0.05, 0) is 45.9 Å². The number of hydrogen-bond acceptors (Lipinski definition) is 2. The van der Waals surface area contributed by atoms with Crippen LogP contribution in [0, 0.1) is 0 Å². The Morgan fingerprint density at radius 1 is 1.24 bits per heavy atom. The summed E-state index contributed by atoms with van der Waals surface area (Å²) in [6.45, 7) is 7.80. The minimum atomic E-state index is -0.177. The highest BCUT2D eigenvalue weighted by Gasteiger charge is 2.23. The summed E-state index contributed by atoms with van der Waals surface area (Å²) < 4.78 is 0. The molecule has 1 rings (SSSR count). The summed E-state index contributed by atoms with van der Waals surface area (Å²) in [5, 5.41) is 10.2. The van der Waals surface area contributed by atoms with Gasteiger partial charge in [0.15, 0.2) is 0 Å². The van der Waals surface area contributed by atoms with Crippen molar-refractivity contribution in [2.75, 3.05) is 0 Å². The first kappa shape index (κ1) is 13.8. The number of carbonyl (C=O) groups is 1. The number of carbonyl (C=O) groups excluding carboxylic acids is 1. The molecule has 0 aliphatic carbocycles. The molecule has 0 unspecified atom stereocenters. The standard InChI is InChI=1S/C13H18ClNO2/c1-8(2)15(9(3)4)13(17)11-6-5-10(14)7-12(11)16/h5-9,16H,1-4H3. The van der Waals surface area contributed by atoms with Crippen molar-refractivity contribution in [2.24, 2.45) is 0 Å². The second-order valence-corrected chi connectivity index (χ2v) is 5.00. The van der Waals surface area contributed by atoms with Crippen molar-refractivity contribution < 1.29 is 9.90 Å². The lowest BCUT2D eigenvalue weighted by atomic mass is 10.1. The van der Waals surface area contributed by atoms with Crippen molar-refractivity contribution >= 4 is 17.5 Å². The zero-order chi connectivity index (χ0) is 13.2. The van der Waals surface area contributed by atoms with E-state index in [4.69, 9.17) is 11.6 Å². The van der Waals surface area contributed by atoms with Crippen molar-refractivity contribution in [2.45, 2.75) is 39.8 Å². The molecule has 0 aliphatic rings. The zero-order valence-corrected chi connectivity index (χ0v) is 11.3. The third kappa shape index (κ3) is 3.13. The van der Waals surface area contributed by atoms with Crippen molar-refractivity contribution in [1.29, 1.82) is 0 Å². The van der Waals surface area contributed by atoms with Crippen LogP contribution in [0.25, 0.3) is 0 Å². The lowest BCUT2D eigenvalue weighted by Gasteiger charge is -2.31. The monoisotopic (exact) mass is 255 g/mol. The highest BCUT2D eigenvalue weighted by molar-refractivity contribution is 6.30. The Morgan fingerprint density at radius 3 is 2.18 bits per heavy atom. The molecule has 0 saturated heterocycles. The minimum absolute atomic E-state index is 0.0752. The maximum absolute atomic E-state index is 12.3. The van der Waals surface area contributed by atoms with E-state index in [0.29, 0.717) is 5.02 Å². The summed E-state index contributed by atoms with van der Waals surface area (Å²) in [5.41, 5.74) is 0.289. The van der Waals surface area contributed by atoms with Gasteiger partial charge in [0.25, 0.3) is 5.91 Å². The molecule has 4 heteroatoms. The first-order valence-electron chi connectivity index (χ1n) is 5.65. The Kier molecular flexibility index (Phi) is 4.40. The van der Waals surface area contributed by atoms with Crippen molar-refractivity contribution in [1.82, 2.24) is 4.90 Å². The maximum atomic E-state index is 12.3. The van der Waals surface area contributed by atoms with Gasteiger partial charge in [0, 0.05) is 17.1 Å². The lowest BCUT2D eigenvalue weighted by Crippen LogP contribution is -2.42. The Balaban J connectivity index is 3.10. The number of phenolic OH excluding ortho intramolecular Hbond substituents is 1. The van der Waals surface area contributed by atoms with Gasteiger partial charge in [0.2, 0.25) is 0 Å². The number of benzene rings is 1. The second kappa shape index (κ2) is 5.41. The quantitative estimate of drug-likeness (QED) is 0.900. The zero-order valence-electron chi connectivity index (χ0n) is 10.6. The van der Waals surface area contributed by atoms with Crippen molar-refractivity contribution in [3.63, 3.8) is 0 Å². The van der Waals surface area contributed by atoms with E-state index >= 15 is 0 Å². The number of phenols is 1. The molecule has 0 fully saturated rings. The van der Waals surface area contributed by atoms with Crippen LogP contribution in [0.1, 0.15) is 38.1 Å². The van der Waals surface area contributed by atoms with Crippen LogP contribution in [0.5, 0.6) is 5.75 Å². The van der Waals surface area contributed by atoms with E-state index in [2.05, 4.69) is 0 Å². The molecule has 0 spiro atoms. The van der Waals surface area contributed by atoms with E-state index in [9.17, 15) is 9.90 Å². The fourth-order valence-electron chi connectivity index (χ4n) is 1.89. The van der Waals surface area contributed by atoms with Gasteiger partial charge in [-0.1, -0.05) is 11.6 Å². The SMILES string of the molecule is CC(C)N(C(=O)c1ccc(Cl)cc1O)C(C)C. The Morgan fingerprint density at radius 2 is 1.76 bits per heavy atom. The molecule has 1 aromatic carbocycles. The highest BCUT2D eigenvalue weighted by atomic mass is 35.5. The first-order chi connectivity index (χ1) is 7.84. The fraction of sp³-hybridized carbons (Fsp3) is 0.462. The van der Waals surface area contributed by atoms with Gasteiger partial charge < -0.3 is 10.0 Å². The molecule has 0 radical (unpaired) electrons. The van der Waals surface area contributed by atoms with Gasteiger partial charge in [0.05, 0.1) is 5.56 Å². The van der Waals surface area contributed by atoms with Crippen molar-refractivity contribution in [3.05, 3.63) is 28.8 Å². The van der Waals surface area contributed by atoms with Gasteiger partial charge in [0.1, 0.15) is 5.75 Å². The van der Waals surface area contributed by atoms with Crippen LogP contribution < -0.4 is 0 Å². The average molecular weight is 256 g/mol. The van der Waals surface area contributed by atoms with Crippen LogP contribution in [-0.4, -0.2) is 28.0 Å². The Hall–Kier alpha value is -1.22. The normalized spacial score (nSPS) is 11.0. The number of halogens is 1. The molecular weight excluding hydrogens is 238 g/mol. The molecule has 3 nitrogen and oxygen atoms in total. The number of hydrogen-bond donors (Lipinski definition) is 1. The van der Waals surface area contributed by atoms with Crippen LogP contribution in [0.3, 0.4) is 0 Å². The van der Waals surface area contributed by atoms with Crippen LogP contribution >= 0.6 is 11.6 Å². The smallest absolute Gasteiger partial charge is 0.258 e. The summed E-state index contributed by atoms with van der Waals surface area (Å²) in [4.78, 5) is 14.0. The van der Waals surface area contributed by atoms with Gasteiger partial charge in [-0.3, -0.25) is 4.79 Å². The first-order valence-corrected chi connectivity index (χ1v) is 6.03. The number of nitrogens with zero attached hydrogens (tertiary/aromatic N) is 1. The van der Waals surface area contributed by atoms with Crippen LogP contribution in [0.4, 0.5) is 0 Å². The molecule has 0 atom stereocenters.